The molecule has 0 aliphatic carbocycles. The van der Waals surface area contributed by atoms with Crippen LogP contribution in [0.15, 0.2) is 88.9 Å². The average molecular weight is 437 g/mol. The van der Waals surface area contributed by atoms with Gasteiger partial charge in [0, 0.05) is 5.56 Å². The Hall–Kier alpha value is -3.62. The maximum Gasteiger partial charge on any atom is 0.365 e. The summed E-state index contributed by atoms with van der Waals surface area (Å²) in [6.07, 6.45) is 0.0757. The van der Waals surface area contributed by atoms with Crippen LogP contribution in [0.3, 0.4) is 0 Å². The number of carbonyl (C=O) groups is 2. The molecule has 1 N–H and O–H groups in total. The normalized spacial score (nSPS) is 11.7. The van der Waals surface area contributed by atoms with Gasteiger partial charge in [-0.2, -0.15) is 8.42 Å². The monoisotopic (exact) mass is 437 g/mol. The molecule has 7 nitrogen and oxygen atoms in total. The highest BCUT2D eigenvalue weighted by atomic mass is 32.2. The third-order valence-electron chi connectivity index (χ3n) is 4.46. The van der Waals surface area contributed by atoms with Crippen LogP contribution in [-0.2, 0) is 15.0 Å². The molecule has 3 rings (SSSR count). The number of hydrogen-bond donors (Lipinski definition) is 1. The maximum atomic E-state index is 12.9. The van der Waals surface area contributed by atoms with Gasteiger partial charge in [0.25, 0.3) is 10.1 Å². The van der Waals surface area contributed by atoms with Crippen molar-refractivity contribution in [2.45, 2.75) is 18.2 Å². The Morgan fingerprint density at radius 3 is 2.10 bits per heavy atom. The molecule has 3 aromatic carbocycles. The van der Waals surface area contributed by atoms with Gasteiger partial charge in [-0.25, -0.2) is 4.79 Å². The van der Waals surface area contributed by atoms with Gasteiger partial charge in [0.2, 0.25) is 5.78 Å². The van der Waals surface area contributed by atoms with Crippen molar-refractivity contribution in [1.29, 1.82) is 0 Å². The molecule has 0 aliphatic heterocycles. The zero-order valence-corrected chi connectivity index (χ0v) is 17.4. The molecule has 0 bridgehead atoms. The smallest absolute Gasteiger partial charge is 0.312 e. The molecule has 0 saturated heterocycles. The zero-order valence-electron chi connectivity index (χ0n) is 16.6. The lowest BCUT2D eigenvalue weighted by molar-refractivity contribution is 0.0514. The molecule has 0 saturated carbocycles. The van der Waals surface area contributed by atoms with Gasteiger partial charge in [0.1, 0.15) is 10.6 Å². The van der Waals surface area contributed by atoms with Crippen LogP contribution >= 0.6 is 0 Å². The number of carbonyl (C=O) groups excluding carboxylic acids is 2. The van der Waals surface area contributed by atoms with Gasteiger partial charge in [0.15, 0.2) is 0 Å². The highest BCUT2D eigenvalue weighted by molar-refractivity contribution is 7.86. The van der Waals surface area contributed by atoms with Crippen LogP contribution in [0.5, 0.6) is 0 Å². The van der Waals surface area contributed by atoms with E-state index in [0.717, 1.165) is 0 Å². The summed E-state index contributed by atoms with van der Waals surface area (Å²) in [6, 6.07) is 21.1. The number of nitrogens with zero attached hydrogens (tertiary/aromatic N) is 1. The van der Waals surface area contributed by atoms with Crippen molar-refractivity contribution in [3.8, 4) is 11.1 Å². The van der Waals surface area contributed by atoms with E-state index in [1.54, 1.807) is 55.5 Å². The first-order valence-corrected chi connectivity index (χ1v) is 10.8. The first-order chi connectivity index (χ1) is 14.8. The summed E-state index contributed by atoms with van der Waals surface area (Å²) in [5.41, 5.74) is 1.04. The number of hydrogen-bond acceptors (Lipinski definition) is 6. The highest BCUT2D eigenvalue weighted by Gasteiger charge is 2.24. The van der Waals surface area contributed by atoms with Crippen LogP contribution < -0.4 is 0 Å². The molecule has 0 spiro atoms. The second kappa shape index (κ2) is 9.46. The van der Waals surface area contributed by atoms with E-state index in [9.17, 15) is 22.6 Å². The van der Waals surface area contributed by atoms with E-state index in [2.05, 4.69) is 5.16 Å². The predicted octanol–water partition coefficient (Wildman–Crippen LogP) is 4.41. The van der Waals surface area contributed by atoms with E-state index in [1.165, 1.54) is 24.3 Å². The summed E-state index contributed by atoms with van der Waals surface area (Å²) in [4.78, 5) is 29.3. The van der Waals surface area contributed by atoms with Crippen LogP contribution in [0.4, 0.5) is 0 Å². The first kappa shape index (κ1) is 22.1. The molecule has 31 heavy (non-hydrogen) atoms. The van der Waals surface area contributed by atoms with Crippen LogP contribution in [0.1, 0.15) is 34.1 Å². The fraction of sp³-hybridized carbons (Fsp3) is 0.0870. The van der Waals surface area contributed by atoms with Crippen LogP contribution in [0.2, 0.25) is 0 Å². The SMILES string of the molecule is CCC(=NOC(=O)c1ccccc1)C(=O)c1ccc(-c2ccccc2)cc1S(=O)(=O)O. The molecule has 0 aliphatic rings. The summed E-state index contributed by atoms with van der Waals surface area (Å²) >= 11 is 0. The lowest BCUT2D eigenvalue weighted by atomic mass is 10.00. The molecular formula is C23H19NO6S. The van der Waals surface area contributed by atoms with Gasteiger partial charge in [-0.15, -0.1) is 0 Å². The molecule has 8 heteroatoms. The van der Waals surface area contributed by atoms with Gasteiger partial charge in [-0.3, -0.25) is 9.35 Å². The van der Waals surface area contributed by atoms with Crippen molar-refractivity contribution in [2.75, 3.05) is 0 Å². The highest BCUT2D eigenvalue weighted by Crippen LogP contribution is 2.26. The van der Waals surface area contributed by atoms with Crippen molar-refractivity contribution in [1.82, 2.24) is 0 Å². The van der Waals surface area contributed by atoms with Gasteiger partial charge >= 0.3 is 5.97 Å². The fourth-order valence-electron chi connectivity index (χ4n) is 2.88. The lowest BCUT2D eigenvalue weighted by Gasteiger charge is -2.10. The van der Waals surface area contributed by atoms with Crippen LogP contribution in [0.25, 0.3) is 11.1 Å². The molecule has 0 fully saturated rings. The summed E-state index contributed by atoms with van der Waals surface area (Å²) < 4.78 is 33.7. The lowest BCUT2D eigenvalue weighted by Crippen LogP contribution is -2.18. The van der Waals surface area contributed by atoms with Crippen molar-refractivity contribution < 1.29 is 27.4 Å². The Bertz CT molecular complexity index is 1240. The number of oxime groups is 1. The second-order valence-electron chi connectivity index (χ2n) is 6.52. The minimum atomic E-state index is -4.71. The van der Waals surface area contributed by atoms with E-state index in [-0.39, 0.29) is 23.3 Å². The van der Waals surface area contributed by atoms with Gasteiger partial charge in [-0.05, 0) is 41.8 Å². The molecule has 0 aromatic heterocycles. The Kier molecular flexibility index (Phi) is 6.74. The van der Waals surface area contributed by atoms with Crippen LogP contribution in [0, 0.1) is 0 Å². The number of rotatable bonds is 7. The Morgan fingerprint density at radius 2 is 1.52 bits per heavy atom. The minimum absolute atomic E-state index is 0.0757. The van der Waals surface area contributed by atoms with E-state index < -0.39 is 26.8 Å². The first-order valence-electron chi connectivity index (χ1n) is 9.36. The van der Waals surface area contributed by atoms with E-state index in [1.807, 2.05) is 6.07 Å². The van der Waals surface area contributed by atoms with Gasteiger partial charge in [-0.1, -0.05) is 66.7 Å². The largest absolute Gasteiger partial charge is 0.365 e. The van der Waals surface area contributed by atoms with Crippen molar-refractivity contribution in [2.24, 2.45) is 5.16 Å². The van der Waals surface area contributed by atoms with Gasteiger partial charge < -0.3 is 4.84 Å². The molecule has 0 unspecified atom stereocenters. The fourth-order valence-corrected chi connectivity index (χ4v) is 3.59. The Labute approximate surface area is 179 Å². The van der Waals surface area contributed by atoms with Crippen molar-refractivity contribution in [3.05, 3.63) is 90.0 Å². The molecule has 0 atom stereocenters. The molecule has 158 valence electrons. The number of Topliss-reactive ketones (excluding diaryl/α,β-unsaturated/α-hetero) is 1. The summed E-state index contributed by atoms with van der Waals surface area (Å²) in [5.74, 6) is -1.52. The number of ketones is 1. The summed E-state index contributed by atoms with van der Waals surface area (Å²) in [5, 5.41) is 3.64. The van der Waals surface area contributed by atoms with Crippen LogP contribution in [-0.4, -0.2) is 30.4 Å². The molecular weight excluding hydrogens is 418 g/mol. The standard InChI is InChI=1S/C23H19NO6S/c1-2-20(24-30-23(26)17-11-7-4-8-12-17)22(25)19-14-13-18(15-21(19)31(27,28)29)16-9-5-3-6-10-16/h3-15H,2H2,1H3,(H,27,28,29). The minimum Gasteiger partial charge on any atom is -0.312 e. The Morgan fingerprint density at radius 1 is 0.903 bits per heavy atom. The summed E-state index contributed by atoms with van der Waals surface area (Å²) in [6.45, 7) is 1.61. The average Bonchev–Trinajstić information content (AvgIpc) is 2.79. The maximum absolute atomic E-state index is 12.9. The van der Waals surface area contributed by atoms with E-state index in [0.29, 0.717) is 11.1 Å². The van der Waals surface area contributed by atoms with Crippen molar-refractivity contribution in [3.63, 3.8) is 0 Å². The van der Waals surface area contributed by atoms with Gasteiger partial charge in [0.05, 0.1) is 5.56 Å². The number of benzene rings is 3. The quantitative estimate of drug-likeness (QED) is 0.193. The predicted molar refractivity (Wildman–Crippen MR) is 116 cm³/mol. The molecule has 0 amide bonds. The Balaban J connectivity index is 1.96. The molecule has 3 aromatic rings. The third kappa shape index (κ3) is 5.30. The second-order valence-corrected chi connectivity index (χ2v) is 7.91. The third-order valence-corrected chi connectivity index (χ3v) is 5.35. The van der Waals surface area contributed by atoms with Crippen molar-refractivity contribution >= 4 is 27.6 Å². The summed E-state index contributed by atoms with van der Waals surface area (Å²) in [7, 11) is -4.71. The molecule has 0 radical (unpaired) electrons. The topological polar surface area (TPSA) is 110 Å². The molecule has 0 heterocycles. The van der Waals surface area contributed by atoms with E-state index >= 15 is 0 Å². The van der Waals surface area contributed by atoms with E-state index in [4.69, 9.17) is 4.84 Å². The zero-order chi connectivity index (χ0) is 22.4.